The Bertz CT molecular complexity index is 999. The highest BCUT2D eigenvalue weighted by atomic mass is 16.5. The van der Waals surface area contributed by atoms with E-state index in [1.165, 1.54) is 19.3 Å². The van der Waals surface area contributed by atoms with E-state index < -0.39 is 5.97 Å². The monoisotopic (exact) mass is 464 g/mol. The molecule has 1 heterocycles. The van der Waals surface area contributed by atoms with Crippen LogP contribution < -0.4 is 4.74 Å². The minimum absolute atomic E-state index is 0.0635. The van der Waals surface area contributed by atoms with Gasteiger partial charge in [-0.25, -0.2) is 4.98 Å². The molecule has 0 aliphatic rings. The molecule has 0 spiro atoms. The van der Waals surface area contributed by atoms with Gasteiger partial charge in [-0.15, -0.1) is 0 Å². The SMILES string of the molecule is CCCCCCCN(CC(=O)O)Cc1ccc(OCCc2nc(-c3ccccc3)oc2C)cc1. The number of rotatable bonds is 15. The summed E-state index contributed by atoms with van der Waals surface area (Å²) in [5.41, 5.74) is 2.95. The first kappa shape index (κ1) is 25.5. The number of aryl methyl sites for hydroxylation is 1. The summed E-state index contributed by atoms with van der Waals surface area (Å²) >= 11 is 0. The number of carboxylic acid groups (broad SMARTS) is 1. The van der Waals surface area contributed by atoms with Crippen molar-refractivity contribution in [2.45, 2.75) is 58.9 Å². The zero-order chi connectivity index (χ0) is 24.2. The standard InChI is InChI=1S/C28H36N2O4/c1-3-4-5-6-10-18-30(21-27(31)32)20-23-13-15-25(16-14-23)33-19-17-26-22(2)34-28(29-26)24-11-8-7-9-12-24/h7-9,11-16H,3-6,10,17-21H2,1-2H3,(H,31,32). The smallest absolute Gasteiger partial charge is 0.317 e. The highest BCUT2D eigenvalue weighted by molar-refractivity contribution is 5.69. The molecule has 0 atom stereocenters. The summed E-state index contributed by atoms with van der Waals surface area (Å²) in [7, 11) is 0. The third-order valence-electron chi connectivity index (χ3n) is 5.79. The number of hydrogen-bond donors (Lipinski definition) is 1. The number of aliphatic carboxylic acids is 1. The molecule has 0 fully saturated rings. The highest BCUT2D eigenvalue weighted by Gasteiger charge is 2.12. The molecule has 6 nitrogen and oxygen atoms in total. The van der Waals surface area contributed by atoms with Crippen molar-refractivity contribution in [1.82, 2.24) is 9.88 Å². The predicted octanol–water partition coefficient (Wildman–Crippen LogP) is 6.13. The molecular weight excluding hydrogens is 428 g/mol. The van der Waals surface area contributed by atoms with Gasteiger partial charge in [-0.05, 0) is 49.7 Å². The first-order valence-electron chi connectivity index (χ1n) is 12.2. The molecule has 34 heavy (non-hydrogen) atoms. The van der Waals surface area contributed by atoms with Crippen molar-refractivity contribution >= 4 is 5.97 Å². The normalized spacial score (nSPS) is 11.1. The quantitative estimate of drug-likeness (QED) is 0.273. The average Bonchev–Trinajstić information content (AvgIpc) is 3.20. The maximum absolute atomic E-state index is 11.3. The molecular formula is C28H36N2O4. The number of carboxylic acids is 1. The van der Waals surface area contributed by atoms with E-state index in [2.05, 4.69) is 11.9 Å². The number of nitrogens with zero attached hydrogens (tertiary/aromatic N) is 2. The summed E-state index contributed by atoms with van der Waals surface area (Å²) in [6.45, 7) is 6.12. The van der Waals surface area contributed by atoms with Crippen LogP contribution in [0.3, 0.4) is 0 Å². The largest absolute Gasteiger partial charge is 0.493 e. The van der Waals surface area contributed by atoms with Crippen molar-refractivity contribution in [2.24, 2.45) is 0 Å². The number of oxazole rings is 1. The second kappa shape index (κ2) is 13.6. The fraction of sp³-hybridized carbons (Fsp3) is 0.429. The van der Waals surface area contributed by atoms with E-state index in [1.54, 1.807) is 0 Å². The summed E-state index contributed by atoms with van der Waals surface area (Å²) in [5, 5.41) is 9.25. The van der Waals surface area contributed by atoms with Gasteiger partial charge in [-0.3, -0.25) is 9.69 Å². The number of unbranched alkanes of at least 4 members (excludes halogenated alkanes) is 4. The van der Waals surface area contributed by atoms with Crippen LogP contribution in [0, 0.1) is 6.92 Å². The van der Waals surface area contributed by atoms with Crippen LogP contribution in [0.1, 0.15) is 56.0 Å². The zero-order valence-electron chi connectivity index (χ0n) is 20.3. The van der Waals surface area contributed by atoms with Crippen LogP contribution in [0.5, 0.6) is 5.75 Å². The second-order valence-electron chi connectivity index (χ2n) is 8.65. The summed E-state index contributed by atoms with van der Waals surface area (Å²) < 4.78 is 11.7. The van der Waals surface area contributed by atoms with Gasteiger partial charge in [0.05, 0.1) is 18.8 Å². The summed E-state index contributed by atoms with van der Waals surface area (Å²) in [4.78, 5) is 17.9. The summed E-state index contributed by atoms with van der Waals surface area (Å²) in [5.74, 6) is 1.45. The van der Waals surface area contributed by atoms with Crippen molar-refractivity contribution in [3.63, 3.8) is 0 Å². The van der Waals surface area contributed by atoms with Gasteiger partial charge in [-0.1, -0.05) is 62.9 Å². The number of benzene rings is 2. The number of ether oxygens (including phenoxy) is 1. The van der Waals surface area contributed by atoms with Crippen molar-refractivity contribution in [3.8, 4) is 17.2 Å². The van der Waals surface area contributed by atoms with Crippen LogP contribution in [-0.4, -0.2) is 40.7 Å². The average molecular weight is 465 g/mol. The topological polar surface area (TPSA) is 75.8 Å². The third-order valence-corrected chi connectivity index (χ3v) is 5.79. The van der Waals surface area contributed by atoms with Gasteiger partial charge in [0.2, 0.25) is 5.89 Å². The van der Waals surface area contributed by atoms with E-state index >= 15 is 0 Å². The molecule has 0 saturated carbocycles. The summed E-state index contributed by atoms with van der Waals surface area (Å²) in [6.07, 6.45) is 6.50. The van der Waals surface area contributed by atoms with E-state index in [-0.39, 0.29) is 6.54 Å². The Morgan fingerprint density at radius 2 is 1.76 bits per heavy atom. The minimum Gasteiger partial charge on any atom is -0.493 e. The van der Waals surface area contributed by atoms with Crippen LogP contribution in [0.15, 0.2) is 59.0 Å². The molecule has 1 aromatic heterocycles. The van der Waals surface area contributed by atoms with Crippen LogP contribution in [0.25, 0.3) is 11.5 Å². The molecule has 2 aromatic carbocycles. The van der Waals surface area contributed by atoms with Gasteiger partial charge < -0.3 is 14.3 Å². The predicted molar refractivity (Wildman–Crippen MR) is 134 cm³/mol. The van der Waals surface area contributed by atoms with Crippen molar-refractivity contribution in [2.75, 3.05) is 19.7 Å². The Morgan fingerprint density at radius 3 is 2.47 bits per heavy atom. The Kier molecular flexibility index (Phi) is 10.2. The van der Waals surface area contributed by atoms with E-state index in [4.69, 9.17) is 9.15 Å². The lowest BCUT2D eigenvalue weighted by molar-refractivity contribution is -0.138. The number of aromatic nitrogens is 1. The molecule has 0 amide bonds. The van der Waals surface area contributed by atoms with E-state index in [0.29, 0.717) is 25.5 Å². The summed E-state index contributed by atoms with van der Waals surface area (Å²) in [6, 6.07) is 17.8. The van der Waals surface area contributed by atoms with Crippen LogP contribution in [0.2, 0.25) is 0 Å². The molecule has 0 aliphatic carbocycles. The van der Waals surface area contributed by atoms with Gasteiger partial charge in [-0.2, -0.15) is 0 Å². The minimum atomic E-state index is -0.785. The Hall–Kier alpha value is -3.12. The lowest BCUT2D eigenvalue weighted by atomic mass is 10.1. The molecule has 6 heteroatoms. The molecule has 182 valence electrons. The molecule has 1 N–H and O–H groups in total. The molecule has 0 radical (unpaired) electrons. The fourth-order valence-electron chi connectivity index (χ4n) is 3.92. The van der Waals surface area contributed by atoms with Crippen molar-refractivity contribution in [1.29, 1.82) is 0 Å². The van der Waals surface area contributed by atoms with Gasteiger partial charge in [0.1, 0.15) is 11.5 Å². The van der Waals surface area contributed by atoms with Crippen LogP contribution in [0.4, 0.5) is 0 Å². The molecule has 0 saturated heterocycles. The maximum Gasteiger partial charge on any atom is 0.317 e. The Labute approximate surface area is 202 Å². The highest BCUT2D eigenvalue weighted by Crippen LogP contribution is 2.22. The number of hydrogen-bond acceptors (Lipinski definition) is 5. The van der Waals surface area contributed by atoms with Crippen molar-refractivity contribution in [3.05, 3.63) is 71.6 Å². The van der Waals surface area contributed by atoms with Crippen LogP contribution in [-0.2, 0) is 17.8 Å². The van der Waals surface area contributed by atoms with Crippen molar-refractivity contribution < 1.29 is 19.1 Å². The van der Waals surface area contributed by atoms with E-state index in [0.717, 1.165) is 47.7 Å². The van der Waals surface area contributed by atoms with Gasteiger partial charge in [0.25, 0.3) is 0 Å². The van der Waals surface area contributed by atoms with Gasteiger partial charge in [0.15, 0.2) is 0 Å². The lowest BCUT2D eigenvalue weighted by Crippen LogP contribution is -2.30. The van der Waals surface area contributed by atoms with Gasteiger partial charge in [0, 0.05) is 18.5 Å². The lowest BCUT2D eigenvalue weighted by Gasteiger charge is -2.20. The molecule has 0 aliphatic heterocycles. The van der Waals surface area contributed by atoms with E-state index in [1.807, 2.05) is 66.4 Å². The molecule has 0 unspecified atom stereocenters. The Morgan fingerprint density at radius 1 is 1.03 bits per heavy atom. The van der Waals surface area contributed by atoms with Crippen LogP contribution >= 0.6 is 0 Å². The molecule has 3 aromatic rings. The van der Waals surface area contributed by atoms with Gasteiger partial charge >= 0.3 is 5.97 Å². The molecule has 3 rings (SSSR count). The third kappa shape index (κ3) is 8.34. The first-order chi connectivity index (χ1) is 16.5. The fourth-order valence-corrected chi connectivity index (χ4v) is 3.92. The second-order valence-corrected chi connectivity index (χ2v) is 8.65. The first-order valence-corrected chi connectivity index (χ1v) is 12.2. The maximum atomic E-state index is 11.3. The number of carbonyl (C=O) groups is 1. The Balaban J connectivity index is 1.47. The molecule has 0 bridgehead atoms. The zero-order valence-corrected chi connectivity index (χ0v) is 20.3. The van der Waals surface area contributed by atoms with E-state index in [9.17, 15) is 9.90 Å².